The molecule has 4 heteroatoms. The van der Waals surface area contributed by atoms with E-state index >= 15 is 0 Å². The van der Waals surface area contributed by atoms with Crippen molar-refractivity contribution in [2.45, 2.75) is 32.4 Å². The van der Waals surface area contributed by atoms with Gasteiger partial charge in [-0.25, -0.2) is 4.98 Å². The van der Waals surface area contributed by atoms with Gasteiger partial charge in [-0.05, 0) is 43.9 Å². The third kappa shape index (κ3) is 1.78. The zero-order valence-corrected chi connectivity index (χ0v) is 9.93. The molecule has 0 amide bonds. The van der Waals surface area contributed by atoms with Crippen molar-refractivity contribution in [2.24, 2.45) is 5.92 Å². The number of hydrogen-bond donors (Lipinski definition) is 2. The fraction of sp³-hybridized carbons (Fsp3) is 0.462. The summed E-state index contributed by atoms with van der Waals surface area (Å²) in [5, 5.41) is 9.32. The zero-order chi connectivity index (χ0) is 12.0. The maximum Gasteiger partial charge on any atom is 0.106 e. The number of nitrogens with two attached hydrogens (primary N) is 1. The highest BCUT2D eigenvalue weighted by Crippen LogP contribution is 2.30. The smallest absolute Gasteiger partial charge is 0.106 e. The van der Waals surface area contributed by atoms with E-state index < -0.39 is 0 Å². The molecule has 0 radical (unpaired) electrons. The third-order valence-corrected chi connectivity index (χ3v) is 3.61. The lowest BCUT2D eigenvalue weighted by Gasteiger charge is -2.32. The largest absolute Gasteiger partial charge is 0.399 e. The van der Waals surface area contributed by atoms with Crippen LogP contribution in [0.5, 0.6) is 0 Å². The summed E-state index contributed by atoms with van der Waals surface area (Å²) in [5.74, 6) is 1.60. The van der Waals surface area contributed by atoms with Crippen LogP contribution < -0.4 is 5.73 Å². The van der Waals surface area contributed by atoms with E-state index in [1.165, 1.54) is 0 Å². The van der Waals surface area contributed by atoms with Crippen molar-refractivity contribution in [1.29, 1.82) is 0 Å². The Morgan fingerprint density at radius 1 is 1.47 bits per heavy atom. The van der Waals surface area contributed by atoms with Gasteiger partial charge in [0.05, 0.1) is 17.1 Å². The Bertz CT molecular complexity index is 555. The van der Waals surface area contributed by atoms with Crippen LogP contribution in [0.3, 0.4) is 0 Å². The molecule has 3 N–H and O–H groups in total. The van der Waals surface area contributed by atoms with Gasteiger partial charge in [-0.1, -0.05) is 0 Å². The van der Waals surface area contributed by atoms with E-state index in [-0.39, 0.29) is 6.10 Å². The summed E-state index contributed by atoms with van der Waals surface area (Å²) >= 11 is 0. The average molecular weight is 231 g/mol. The summed E-state index contributed by atoms with van der Waals surface area (Å²) in [5.41, 5.74) is 8.61. The van der Waals surface area contributed by atoms with Gasteiger partial charge in [-0.3, -0.25) is 0 Å². The first kappa shape index (κ1) is 10.6. The van der Waals surface area contributed by atoms with Gasteiger partial charge in [-0.2, -0.15) is 0 Å². The topological polar surface area (TPSA) is 64.1 Å². The van der Waals surface area contributed by atoms with E-state index in [4.69, 9.17) is 5.73 Å². The molecule has 1 heterocycles. The lowest BCUT2D eigenvalue weighted by Crippen LogP contribution is -2.31. The number of aliphatic hydroxyl groups excluding tert-OH is 1. The van der Waals surface area contributed by atoms with E-state index in [0.717, 1.165) is 41.9 Å². The molecular weight excluding hydrogens is 214 g/mol. The highest BCUT2D eigenvalue weighted by molar-refractivity contribution is 5.79. The number of imidazole rings is 1. The molecule has 0 saturated heterocycles. The molecule has 1 saturated carbocycles. The molecule has 1 aromatic carbocycles. The van der Waals surface area contributed by atoms with Gasteiger partial charge >= 0.3 is 0 Å². The molecule has 0 atom stereocenters. The minimum atomic E-state index is -0.0919. The Morgan fingerprint density at radius 3 is 2.94 bits per heavy atom. The van der Waals surface area contributed by atoms with Crippen LogP contribution in [0.15, 0.2) is 18.2 Å². The second-order valence-corrected chi connectivity index (χ2v) is 5.01. The van der Waals surface area contributed by atoms with Crippen molar-refractivity contribution in [1.82, 2.24) is 9.55 Å². The molecule has 90 valence electrons. The van der Waals surface area contributed by atoms with Gasteiger partial charge in [0.2, 0.25) is 0 Å². The van der Waals surface area contributed by atoms with Gasteiger partial charge in [0.15, 0.2) is 0 Å². The summed E-state index contributed by atoms with van der Waals surface area (Å²) in [6.45, 7) is 2.97. The monoisotopic (exact) mass is 231 g/mol. The molecule has 0 aliphatic heterocycles. The predicted molar refractivity (Wildman–Crippen MR) is 67.6 cm³/mol. The first-order chi connectivity index (χ1) is 8.13. The van der Waals surface area contributed by atoms with E-state index in [9.17, 15) is 5.11 Å². The van der Waals surface area contributed by atoms with Crippen LogP contribution in [-0.2, 0) is 6.54 Å². The molecule has 2 aromatic rings. The minimum Gasteiger partial charge on any atom is -0.399 e. The van der Waals surface area contributed by atoms with Crippen molar-refractivity contribution in [3.05, 3.63) is 24.0 Å². The third-order valence-electron chi connectivity index (χ3n) is 3.61. The molecule has 4 nitrogen and oxygen atoms in total. The quantitative estimate of drug-likeness (QED) is 0.773. The van der Waals surface area contributed by atoms with Crippen LogP contribution in [-0.4, -0.2) is 20.8 Å². The van der Waals surface area contributed by atoms with E-state index in [1.54, 1.807) is 0 Å². The van der Waals surface area contributed by atoms with E-state index in [2.05, 4.69) is 9.55 Å². The second-order valence-electron chi connectivity index (χ2n) is 5.01. The average Bonchev–Trinajstić information content (AvgIpc) is 2.52. The number of aryl methyl sites for hydroxylation is 1. The number of aliphatic hydroxyl groups is 1. The van der Waals surface area contributed by atoms with Crippen LogP contribution in [0.2, 0.25) is 0 Å². The number of nitrogens with zero attached hydrogens (tertiary/aromatic N) is 2. The van der Waals surface area contributed by atoms with Gasteiger partial charge in [0, 0.05) is 12.2 Å². The molecule has 17 heavy (non-hydrogen) atoms. The first-order valence-electron chi connectivity index (χ1n) is 6.04. The van der Waals surface area contributed by atoms with E-state index in [1.807, 2.05) is 25.1 Å². The van der Waals surface area contributed by atoms with Gasteiger partial charge in [-0.15, -0.1) is 0 Å². The van der Waals surface area contributed by atoms with Crippen LogP contribution in [0.1, 0.15) is 18.7 Å². The number of hydrogen-bond acceptors (Lipinski definition) is 3. The highest BCUT2D eigenvalue weighted by Gasteiger charge is 2.28. The van der Waals surface area contributed by atoms with Crippen LogP contribution in [0.25, 0.3) is 11.0 Å². The fourth-order valence-electron chi connectivity index (χ4n) is 2.61. The lowest BCUT2D eigenvalue weighted by molar-refractivity contribution is 0.0355. The molecule has 3 rings (SSSR count). The summed E-state index contributed by atoms with van der Waals surface area (Å²) < 4.78 is 2.23. The van der Waals surface area contributed by atoms with Crippen molar-refractivity contribution >= 4 is 16.7 Å². The molecule has 1 aromatic heterocycles. The summed E-state index contributed by atoms with van der Waals surface area (Å²) in [7, 11) is 0. The standard InChI is InChI=1S/C13H17N3O/c1-8-15-12-6-10(14)2-3-13(12)16(8)7-9-4-11(17)5-9/h2-3,6,9,11,17H,4-5,7,14H2,1H3. The lowest BCUT2D eigenvalue weighted by atomic mass is 9.82. The second kappa shape index (κ2) is 3.74. The highest BCUT2D eigenvalue weighted by atomic mass is 16.3. The van der Waals surface area contributed by atoms with Crippen LogP contribution in [0.4, 0.5) is 5.69 Å². The zero-order valence-electron chi connectivity index (χ0n) is 9.93. The molecule has 1 aliphatic carbocycles. The predicted octanol–water partition coefficient (Wildman–Crippen LogP) is 1.70. The molecule has 0 unspecified atom stereocenters. The molecule has 1 fully saturated rings. The summed E-state index contributed by atoms with van der Waals surface area (Å²) in [6.07, 6.45) is 1.73. The first-order valence-corrected chi connectivity index (χ1v) is 6.04. The Balaban J connectivity index is 1.95. The maximum atomic E-state index is 9.32. The van der Waals surface area contributed by atoms with Crippen molar-refractivity contribution in [3.63, 3.8) is 0 Å². The normalized spacial score (nSPS) is 23.9. The number of fused-ring (bicyclic) bond motifs is 1. The molecule has 0 bridgehead atoms. The van der Waals surface area contributed by atoms with Gasteiger partial charge in [0.25, 0.3) is 0 Å². The summed E-state index contributed by atoms with van der Waals surface area (Å²) in [6, 6.07) is 5.85. The SMILES string of the molecule is Cc1nc2cc(N)ccc2n1CC1CC(O)C1. The van der Waals surface area contributed by atoms with Crippen LogP contribution >= 0.6 is 0 Å². The Labute approximate surface area is 100 Å². The maximum absolute atomic E-state index is 9.32. The number of aromatic nitrogens is 2. The minimum absolute atomic E-state index is 0.0919. The molecular formula is C13H17N3O. The fourth-order valence-corrected chi connectivity index (χ4v) is 2.61. The number of rotatable bonds is 2. The van der Waals surface area contributed by atoms with Crippen LogP contribution in [0, 0.1) is 12.8 Å². The number of benzene rings is 1. The Morgan fingerprint density at radius 2 is 2.24 bits per heavy atom. The van der Waals surface area contributed by atoms with E-state index in [0.29, 0.717) is 5.92 Å². The van der Waals surface area contributed by atoms with Gasteiger partial charge in [0.1, 0.15) is 5.82 Å². The Kier molecular flexibility index (Phi) is 2.33. The number of anilines is 1. The summed E-state index contributed by atoms with van der Waals surface area (Å²) in [4.78, 5) is 4.52. The van der Waals surface area contributed by atoms with Crippen molar-refractivity contribution in [3.8, 4) is 0 Å². The molecule has 0 spiro atoms. The Hall–Kier alpha value is -1.55. The van der Waals surface area contributed by atoms with Crippen molar-refractivity contribution in [2.75, 3.05) is 5.73 Å². The number of nitrogen functional groups attached to an aromatic ring is 1. The van der Waals surface area contributed by atoms with Crippen molar-refractivity contribution < 1.29 is 5.11 Å². The van der Waals surface area contributed by atoms with Gasteiger partial charge < -0.3 is 15.4 Å². The molecule has 1 aliphatic rings.